The minimum atomic E-state index is -0.438. The number of benzene rings is 2. The van der Waals surface area contributed by atoms with Crippen LogP contribution >= 0.6 is 15.9 Å². The second kappa shape index (κ2) is 7.48. The van der Waals surface area contributed by atoms with Crippen LogP contribution in [0.4, 0.5) is 5.69 Å². The summed E-state index contributed by atoms with van der Waals surface area (Å²) in [6, 6.07) is 14.7. The third-order valence-electron chi connectivity index (χ3n) is 3.50. The van der Waals surface area contributed by atoms with Gasteiger partial charge in [-0.2, -0.15) is 4.98 Å². The third kappa shape index (κ3) is 4.24. The summed E-state index contributed by atoms with van der Waals surface area (Å²) in [6.07, 6.45) is 0. The van der Waals surface area contributed by atoms with Crippen LogP contribution in [0.1, 0.15) is 16.2 Å². The van der Waals surface area contributed by atoms with Crippen LogP contribution in [0.5, 0.6) is 0 Å². The van der Waals surface area contributed by atoms with Gasteiger partial charge >= 0.3 is 5.97 Å². The maximum atomic E-state index is 12.2. The molecule has 0 radical (unpaired) electrons. The lowest BCUT2D eigenvalue weighted by Gasteiger charge is -2.12. The zero-order valence-corrected chi connectivity index (χ0v) is 15.4. The molecule has 0 aliphatic heterocycles. The van der Waals surface area contributed by atoms with Crippen molar-refractivity contribution < 1.29 is 14.1 Å². The third-order valence-corrected chi connectivity index (χ3v) is 4.02. The number of carbonyl (C=O) groups is 1. The van der Waals surface area contributed by atoms with Crippen LogP contribution in [0, 0.1) is 0 Å². The Morgan fingerprint density at radius 3 is 2.68 bits per heavy atom. The Hall–Kier alpha value is -2.67. The van der Waals surface area contributed by atoms with E-state index in [-0.39, 0.29) is 12.5 Å². The normalized spacial score (nSPS) is 10.5. The number of ether oxygens (including phenoxy) is 1. The van der Waals surface area contributed by atoms with Gasteiger partial charge < -0.3 is 14.2 Å². The maximum absolute atomic E-state index is 12.2. The minimum Gasteiger partial charge on any atom is -0.452 e. The molecule has 0 aliphatic carbocycles. The standard InChI is InChI=1S/C18H16BrN3O3/c1-22(2)15-5-3-4-13(10-15)18(23)24-11-16-20-17(21-25-16)12-6-8-14(19)9-7-12/h3-10H,11H2,1-2H3. The number of anilines is 1. The molecular formula is C18H16BrN3O3. The van der Waals surface area contributed by atoms with Crippen molar-refractivity contribution in [3.05, 3.63) is 64.5 Å². The first-order chi connectivity index (χ1) is 12.0. The average Bonchev–Trinajstić information content (AvgIpc) is 3.09. The lowest BCUT2D eigenvalue weighted by molar-refractivity contribution is 0.0430. The van der Waals surface area contributed by atoms with Crippen molar-refractivity contribution in [1.82, 2.24) is 10.1 Å². The van der Waals surface area contributed by atoms with Gasteiger partial charge in [-0.05, 0) is 42.5 Å². The molecule has 0 N–H and O–H groups in total. The van der Waals surface area contributed by atoms with Crippen LogP contribution in [0.15, 0.2) is 57.5 Å². The van der Waals surface area contributed by atoms with Crippen LogP contribution in [0.25, 0.3) is 11.4 Å². The highest BCUT2D eigenvalue weighted by Gasteiger charge is 2.13. The Morgan fingerprint density at radius 2 is 1.96 bits per heavy atom. The van der Waals surface area contributed by atoms with Gasteiger partial charge in [0.1, 0.15) is 0 Å². The van der Waals surface area contributed by atoms with Gasteiger partial charge in [0, 0.05) is 29.8 Å². The number of rotatable bonds is 5. The summed E-state index contributed by atoms with van der Waals surface area (Å²) in [5, 5.41) is 3.90. The molecule has 7 heteroatoms. The SMILES string of the molecule is CN(C)c1cccc(C(=O)OCc2nc(-c3ccc(Br)cc3)no2)c1. The molecule has 3 aromatic rings. The van der Waals surface area contributed by atoms with Gasteiger partial charge in [0.2, 0.25) is 5.82 Å². The van der Waals surface area contributed by atoms with Crippen LogP contribution in [-0.2, 0) is 11.3 Å². The summed E-state index contributed by atoms with van der Waals surface area (Å²) in [4.78, 5) is 18.3. The number of aromatic nitrogens is 2. The summed E-state index contributed by atoms with van der Waals surface area (Å²) in [7, 11) is 3.82. The zero-order valence-electron chi connectivity index (χ0n) is 13.8. The molecule has 128 valence electrons. The van der Waals surface area contributed by atoms with E-state index in [0.29, 0.717) is 11.4 Å². The van der Waals surface area contributed by atoms with E-state index in [1.807, 2.05) is 55.4 Å². The highest BCUT2D eigenvalue weighted by molar-refractivity contribution is 9.10. The Labute approximate surface area is 153 Å². The average molecular weight is 402 g/mol. The van der Waals surface area contributed by atoms with E-state index >= 15 is 0 Å². The van der Waals surface area contributed by atoms with E-state index in [2.05, 4.69) is 26.1 Å². The second-order valence-corrected chi connectivity index (χ2v) is 6.46. The summed E-state index contributed by atoms with van der Waals surface area (Å²) in [6.45, 7) is -0.0748. The molecule has 0 fully saturated rings. The molecule has 3 rings (SSSR count). The molecule has 0 bridgehead atoms. The molecule has 0 spiro atoms. The summed E-state index contributed by atoms with van der Waals surface area (Å²) < 4.78 is 11.4. The summed E-state index contributed by atoms with van der Waals surface area (Å²) in [5.74, 6) is 0.260. The van der Waals surface area contributed by atoms with Gasteiger partial charge in [-0.1, -0.05) is 27.2 Å². The van der Waals surface area contributed by atoms with Crippen LogP contribution in [0.3, 0.4) is 0 Å². The van der Waals surface area contributed by atoms with Gasteiger partial charge in [-0.3, -0.25) is 0 Å². The van der Waals surface area contributed by atoms with Gasteiger partial charge in [0.15, 0.2) is 6.61 Å². The van der Waals surface area contributed by atoms with Gasteiger partial charge in [-0.25, -0.2) is 4.79 Å². The molecular weight excluding hydrogens is 386 g/mol. The number of halogens is 1. The van der Waals surface area contributed by atoms with Crippen molar-refractivity contribution in [2.45, 2.75) is 6.61 Å². The van der Waals surface area contributed by atoms with Gasteiger partial charge in [0.05, 0.1) is 5.56 Å². The van der Waals surface area contributed by atoms with E-state index < -0.39 is 5.97 Å². The number of hydrogen-bond acceptors (Lipinski definition) is 6. The first kappa shape index (κ1) is 17.2. The quantitative estimate of drug-likeness (QED) is 0.603. The topological polar surface area (TPSA) is 68.5 Å². The molecule has 25 heavy (non-hydrogen) atoms. The van der Waals surface area contributed by atoms with E-state index in [0.717, 1.165) is 15.7 Å². The van der Waals surface area contributed by atoms with Crippen LogP contribution in [-0.4, -0.2) is 30.2 Å². The van der Waals surface area contributed by atoms with Gasteiger partial charge in [0.25, 0.3) is 5.89 Å². The fraction of sp³-hybridized carbons (Fsp3) is 0.167. The van der Waals surface area contributed by atoms with E-state index in [1.165, 1.54) is 0 Å². The first-order valence-electron chi connectivity index (χ1n) is 7.56. The molecule has 2 aromatic carbocycles. The molecule has 0 amide bonds. The summed E-state index contributed by atoms with van der Waals surface area (Å²) in [5.41, 5.74) is 2.21. The van der Waals surface area contributed by atoms with Crippen molar-refractivity contribution in [1.29, 1.82) is 0 Å². The Bertz CT molecular complexity index is 875. The van der Waals surface area contributed by atoms with Crippen molar-refractivity contribution in [2.75, 3.05) is 19.0 Å². The smallest absolute Gasteiger partial charge is 0.338 e. The lowest BCUT2D eigenvalue weighted by Crippen LogP contribution is -2.11. The molecule has 1 aromatic heterocycles. The number of esters is 1. The highest BCUT2D eigenvalue weighted by Crippen LogP contribution is 2.19. The van der Waals surface area contributed by atoms with E-state index in [4.69, 9.17) is 9.26 Å². The zero-order chi connectivity index (χ0) is 17.8. The Balaban J connectivity index is 1.65. The van der Waals surface area contributed by atoms with Crippen molar-refractivity contribution in [3.8, 4) is 11.4 Å². The lowest BCUT2D eigenvalue weighted by atomic mass is 10.2. The predicted molar refractivity (Wildman–Crippen MR) is 97.3 cm³/mol. The molecule has 0 saturated carbocycles. The monoisotopic (exact) mass is 401 g/mol. The molecule has 0 unspecified atom stereocenters. The number of nitrogens with zero attached hydrogens (tertiary/aromatic N) is 3. The number of carbonyl (C=O) groups excluding carboxylic acids is 1. The van der Waals surface area contributed by atoms with E-state index in [1.54, 1.807) is 12.1 Å². The van der Waals surface area contributed by atoms with Crippen molar-refractivity contribution >= 4 is 27.6 Å². The molecule has 1 heterocycles. The summed E-state index contributed by atoms with van der Waals surface area (Å²) >= 11 is 3.38. The highest BCUT2D eigenvalue weighted by atomic mass is 79.9. The predicted octanol–water partition coefficient (Wildman–Crippen LogP) is 3.92. The molecule has 0 saturated heterocycles. The largest absolute Gasteiger partial charge is 0.452 e. The molecule has 0 atom stereocenters. The number of hydrogen-bond donors (Lipinski definition) is 0. The van der Waals surface area contributed by atoms with Crippen molar-refractivity contribution in [3.63, 3.8) is 0 Å². The maximum Gasteiger partial charge on any atom is 0.338 e. The molecule has 0 aliphatic rings. The molecule has 6 nitrogen and oxygen atoms in total. The fourth-order valence-corrected chi connectivity index (χ4v) is 2.42. The van der Waals surface area contributed by atoms with Crippen LogP contribution in [0.2, 0.25) is 0 Å². The Kier molecular flexibility index (Phi) is 5.14. The van der Waals surface area contributed by atoms with Gasteiger partial charge in [-0.15, -0.1) is 0 Å². The fourth-order valence-electron chi connectivity index (χ4n) is 2.15. The first-order valence-corrected chi connectivity index (χ1v) is 8.35. The van der Waals surface area contributed by atoms with Crippen LogP contribution < -0.4 is 4.90 Å². The minimum absolute atomic E-state index is 0.0748. The Morgan fingerprint density at radius 1 is 1.20 bits per heavy atom. The van der Waals surface area contributed by atoms with Crippen molar-refractivity contribution in [2.24, 2.45) is 0 Å². The second-order valence-electron chi connectivity index (χ2n) is 5.54. The van der Waals surface area contributed by atoms with E-state index in [9.17, 15) is 4.79 Å².